The van der Waals surface area contributed by atoms with E-state index in [9.17, 15) is 14.0 Å². The molecule has 1 heterocycles. The maximum Gasteiger partial charge on any atom is 0.265 e. The number of hydrogen-bond acceptors (Lipinski definition) is 3. The van der Waals surface area contributed by atoms with Gasteiger partial charge in [0.15, 0.2) is 6.61 Å². The molecule has 0 bridgehead atoms. The number of ether oxygens (including phenoxy) is 1. The summed E-state index contributed by atoms with van der Waals surface area (Å²) >= 11 is 3.40. The first-order valence-corrected chi connectivity index (χ1v) is 9.67. The summed E-state index contributed by atoms with van der Waals surface area (Å²) in [4.78, 5) is 26.5. The van der Waals surface area contributed by atoms with Crippen LogP contribution in [0.1, 0.15) is 15.9 Å². The molecule has 0 radical (unpaired) electrons. The molecule has 0 saturated heterocycles. The number of hydrogen-bond donors (Lipinski definition) is 1. The van der Waals surface area contributed by atoms with Gasteiger partial charge >= 0.3 is 0 Å². The van der Waals surface area contributed by atoms with Gasteiger partial charge in [-0.05, 0) is 54.1 Å². The van der Waals surface area contributed by atoms with E-state index >= 15 is 0 Å². The van der Waals surface area contributed by atoms with E-state index in [-0.39, 0.29) is 18.1 Å². The van der Waals surface area contributed by atoms with Crippen LogP contribution in [0, 0.1) is 5.82 Å². The van der Waals surface area contributed by atoms with Crippen LogP contribution in [0.4, 0.5) is 15.8 Å². The van der Waals surface area contributed by atoms with Crippen LogP contribution in [-0.2, 0) is 11.3 Å². The summed E-state index contributed by atoms with van der Waals surface area (Å²) in [5.41, 5.74) is 2.23. The Morgan fingerprint density at radius 2 is 1.90 bits per heavy atom. The third-order valence-electron chi connectivity index (χ3n) is 4.50. The largest absolute Gasteiger partial charge is 0.482 e. The minimum absolute atomic E-state index is 0.0431. The molecular weight excluding hydrogens is 439 g/mol. The summed E-state index contributed by atoms with van der Waals surface area (Å²) in [6.45, 7) is 0.336. The van der Waals surface area contributed by atoms with Crippen molar-refractivity contribution in [2.45, 2.75) is 6.54 Å². The van der Waals surface area contributed by atoms with Gasteiger partial charge in [0.1, 0.15) is 11.6 Å². The summed E-state index contributed by atoms with van der Waals surface area (Å²) in [7, 11) is 0. The Morgan fingerprint density at radius 3 is 2.66 bits per heavy atom. The molecule has 0 aromatic heterocycles. The SMILES string of the molecule is O=C(Nc1ccc2c(c1)N(Cc1ccc(Br)cc1)C(=O)CO2)c1cccc(F)c1. The zero-order chi connectivity index (χ0) is 20.4. The topological polar surface area (TPSA) is 58.6 Å². The molecule has 146 valence electrons. The molecule has 0 aliphatic carbocycles. The van der Waals surface area contributed by atoms with Gasteiger partial charge in [0.25, 0.3) is 11.8 Å². The maximum absolute atomic E-state index is 13.4. The minimum Gasteiger partial charge on any atom is -0.482 e. The Balaban J connectivity index is 1.60. The van der Waals surface area contributed by atoms with Gasteiger partial charge in [0.2, 0.25) is 0 Å². The summed E-state index contributed by atoms with van der Waals surface area (Å²) < 4.78 is 19.9. The minimum atomic E-state index is -0.484. The average molecular weight is 455 g/mol. The first-order chi connectivity index (χ1) is 14.0. The van der Waals surface area contributed by atoms with Crippen molar-refractivity contribution in [3.8, 4) is 5.75 Å². The van der Waals surface area contributed by atoms with E-state index in [2.05, 4.69) is 21.2 Å². The Hall–Kier alpha value is -3.19. The van der Waals surface area contributed by atoms with E-state index in [4.69, 9.17) is 4.74 Å². The Kier molecular flexibility index (Phi) is 5.31. The quantitative estimate of drug-likeness (QED) is 0.617. The number of benzene rings is 3. The predicted octanol–water partition coefficient (Wildman–Crippen LogP) is 4.77. The first-order valence-electron chi connectivity index (χ1n) is 8.88. The lowest BCUT2D eigenvalue weighted by atomic mass is 10.1. The van der Waals surface area contributed by atoms with E-state index in [0.717, 1.165) is 10.0 Å². The van der Waals surface area contributed by atoms with Gasteiger partial charge in [-0.1, -0.05) is 34.1 Å². The van der Waals surface area contributed by atoms with Crippen LogP contribution in [-0.4, -0.2) is 18.4 Å². The van der Waals surface area contributed by atoms with E-state index in [1.807, 2.05) is 24.3 Å². The molecule has 0 spiro atoms. The molecule has 5 nitrogen and oxygen atoms in total. The summed E-state index contributed by atoms with van der Waals surface area (Å²) in [6.07, 6.45) is 0. The van der Waals surface area contributed by atoms with Crippen LogP contribution in [0.25, 0.3) is 0 Å². The molecule has 29 heavy (non-hydrogen) atoms. The fourth-order valence-electron chi connectivity index (χ4n) is 3.06. The summed E-state index contributed by atoms with van der Waals surface area (Å²) in [6, 6.07) is 18.2. The van der Waals surface area contributed by atoms with E-state index < -0.39 is 11.7 Å². The third kappa shape index (κ3) is 4.30. The number of carbonyl (C=O) groups excluding carboxylic acids is 2. The summed E-state index contributed by atoms with van der Waals surface area (Å²) in [5.74, 6) is -0.533. The lowest BCUT2D eigenvalue weighted by Crippen LogP contribution is -2.38. The second-order valence-electron chi connectivity index (χ2n) is 6.54. The molecule has 0 saturated carbocycles. The van der Waals surface area contributed by atoms with Gasteiger partial charge in [-0.2, -0.15) is 0 Å². The van der Waals surface area contributed by atoms with Crippen molar-refractivity contribution in [3.05, 3.63) is 88.1 Å². The Labute approximate surface area is 175 Å². The van der Waals surface area contributed by atoms with E-state index in [1.54, 1.807) is 23.1 Å². The summed E-state index contributed by atoms with van der Waals surface area (Å²) in [5, 5.41) is 2.74. The van der Waals surface area contributed by atoms with Crippen molar-refractivity contribution in [1.82, 2.24) is 0 Å². The first kappa shape index (κ1) is 19.1. The molecule has 7 heteroatoms. The highest BCUT2D eigenvalue weighted by molar-refractivity contribution is 9.10. The van der Waals surface area contributed by atoms with Crippen LogP contribution >= 0.6 is 15.9 Å². The number of anilines is 2. The zero-order valence-electron chi connectivity index (χ0n) is 15.2. The zero-order valence-corrected chi connectivity index (χ0v) is 16.8. The average Bonchev–Trinajstić information content (AvgIpc) is 2.71. The van der Waals surface area contributed by atoms with Crippen molar-refractivity contribution in [1.29, 1.82) is 0 Å². The van der Waals surface area contributed by atoms with Gasteiger partial charge in [0.05, 0.1) is 12.2 Å². The standard InChI is InChI=1S/C22H16BrFN2O3/c23-16-6-4-14(5-7-16)12-26-19-11-18(8-9-20(19)29-13-21(26)27)25-22(28)15-2-1-3-17(24)10-15/h1-11H,12-13H2,(H,25,28). The van der Waals surface area contributed by atoms with Gasteiger partial charge < -0.3 is 15.0 Å². The lowest BCUT2D eigenvalue weighted by Gasteiger charge is -2.30. The van der Waals surface area contributed by atoms with Crippen molar-refractivity contribution in [2.24, 2.45) is 0 Å². The van der Waals surface area contributed by atoms with Crippen LogP contribution < -0.4 is 15.0 Å². The van der Waals surface area contributed by atoms with Crippen LogP contribution in [0.15, 0.2) is 71.2 Å². The number of carbonyl (C=O) groups is 2. The monoisotopic (exact) mass is 454 g/mol. The molecule has 1 aliphatic rings. The highest BCUT2D eigenvalue weighted by atomic mass is 79.9. The third-order valence-corrected chi connectivity index (χ3v) is 5.03. The number of fused-ring (bicyclic) bond motifs is 1. The van der Waals surface area contributed by atoms with Crippen molar-refractivity contribution in [2.75, 3.05) is 16.8 Å². The van der Waals surface area contributed by atoms with Crippen molar-refractivity contribution in [3.63, 3.8) is 0 Å². The van der Waals surface area contributed by atoms with Crippen LogP contribution in [0.3, 0.4) is 0 Å². The van der Waals surface area contributed by atoms with Crippen LogP contribution in [0.5, 0.6) is 5.75 Å². The molecule has 1 N–H and O–H groups in total. The number of rotatable bonds is 4. The second-order valence-corrected chi connectivity index (χ2v) is 7.46. The van der Waals surface area contributed by atoms with Gasteiger partial charge in [-0.15, -0.1) is 0 Å². The van der Waals surface area contributed by atoms with E-state index in [0.29, 0.717) is 23.7 Å². The predicted molar refractivity (Wildman–Crippen MR) is 112 cm³/mol. The molecule has 0 unspecified atom stereocenters. The van der Waals surface area contributed by atoms with Crippen molar-refractivity contribution < 1.29 is 18.7 Å². The molecule has 0 fully saturated rings. The van der Waals surface area contributed by atoms with Gasteiger partial charge in [-0.3, -0.25) is 9.59 Å². The molecule has 3 aromatic carbocycles. The fraction of sp³-hybridized carbons (Fsp3) is 0.0909. The van der Waals surface area contributed by atoms with Crippen molar-refractivity contribution >= 4 is 39.1 Å². The highest BCUT2D eigenvalue weighted by Gasteiger charge is 2.26. The molecule has 3 aromatic rings. The normalized spacial score (nSPS) is 12.9. The van der Waals surface area contributed by atoms with Crippen LogP contribution in [0.2, 0.25) is 0 Å². The second kappa shape index (κ2) is 8.05. The molecule has 4 rings (SSSR count). The fourth-order valence-corrected chi connectivity index (χ4v) is 3.32. The smallest absolute Gasteiger partial charge is 0.265 e. The number of nitrogens with zero attached hydrogens (tertiary/aromatic N) is 1. The molecular formula is C22H16BrFN2O3. The molecule has 1 aliphatic heterocycles. The number of amides is 2. The maximum atomic E-state index is 13.4. The van der Waals surface area contributed by atoms with Gasteiger partial charge in [0, 0.05) is 15.7 Å². The Bertz CT molecular complexity index is 1090. The number of nitrogens with one attached hydrogen (secondary N) is 1. The van der Waals surface area contributed by atoms with E-state index in [1.165, 1.54) is 24.3 Å². The number of halogens is 2. The van der Waals surface area contributed by atoms with Gasteiger partial charge in [-0.25, -0.2) is 4.39 Å². The molecule has 0 atom stereocenters. The Morgan fingerprint density at radius 1 is 1.10 bits per heavy atom. The lowest BCUT2D eigenvalue weighted by molar-refractivity contribution is -0.121. The molecule has 2 amide bonds. The highest BCUT2D eigenvalue weighted by Crippen LogP contribution is 2.35.